The van der Waals surface area contributed by atoms with Gasteiger partial charge in [0, 0.05) is 36.0 Å². The first-order chi connectivity index (χ1) is 9.22. The average molecular weight is 255 g/mol. The quantitative estimate of drug-likeness (QED) is 0.842. The van der Waals surface area contributed by atoms with Crippen molar-refractivity contribution in [2.24, 2.45) is 5.92 Å². The van der Waals surface area contributed by atoms with Gasteiger partial charge in [-0.25, -0.2) is 4.98 Å². The first-order valence-corrected chi connectivity index (χ1v) is 6.57. The summed E-state index contributed by atoms with van der Waals surface area (Å²) in [6, 6.07) is 6.04. The van der Waals surface area contributed by atoms with Crippen LogP contribution in [0.2, 0.25) is 0 Å². The second kappa shape index (κ2) is 4.96. The fourth-order valence-electron chi connectivity index (χ4n) is 2.20. The lowest BCUT2D eigenvalue weighted by Crippen LogP contribution is -2.03. The van der Waals surface area contributed by atoms with E-state index in [0.29, 0.717) is 24.3 Å². The minimum absolute atomic E-state index is 0.545. The number of nitrogens with zero attached hydrogens (tertiary/aromatic N) is 3. The standard InChI is InChI=1S/C15H17N3O/c1-10-3-4-14(17-8-10)13-7-12(13)9-19-15-5-6-16-11(2)18-15/h3-6,8,12-13H,7,9H2,1-2H3. The Labute approximate surface area is 112 Å². The first kappa shape index (κ1) is 12.1. The lowest BCUT2D eigenvalue weighted by atomic mass is 10.2. The molecule has 3 rings (SSSR count). The molecule has 19 heavy (non-hydrogen) atoms. The maximum Gasteiger partial charge on any atom is 0.216 e. The van der Waals surface area contributed by atoms with Gasteiger partial charge in [0.15, 0.2) is 0 Å². The Hall–Kier alpha value is -1.97. The number of ether oxygens (including phenoxy) is 1. The van der Waals surface area contributed by atoms with Gasteiger partial charge in [0.05, 0.1) is 6.61 Å². The fraction of sp³-hybridized carbons (Fsp3) is 0.400. The SMILES string of the molecule is Cc1ccc(C2CC2COc2ccnc(C)n2)nc1. The maximum absolute atomic E-state index is 5.71. The lowest BCUT2D eigenvalue weighted by molar-refractivity contribution is 0.284. The van der Waals surface area contributed by atoms with Gasteiger partial charge >= 0.3 is 0 Å². The Bertz CT molecular complexity index is 568. The zero-order valence-corrected chi connectivity index (χ0v) is 11.2. The Balaban J connectivity index is 1.55. The topological polar surface area (TPSA) is 47.9 Å². The number of aryl methyl sites for hydroxylation is 2. The van der Waals surface area contributed by atoms with Crippen LogP contribution in [0.5, 0.6) is 5.88 Å². The van der Waals surface area contributed by atoms with Gasteiger partial charge in [-0.15, -0.1) is 0 Å². The van der Waals surface area contributed by atoms with E-state index in [0.717, 1.165) is 12.2 Å². The smallest absolute Gasteiger partial charge is 0.216 e. The highest BCUT2D eigenvalue weighted by molar-refractivity contribution is 5.21. The molecular formula is C15H17N3O. The van der Waals surface area contributed by atoms with Gasteiger partial charge in [0.25, 0.3) is 0 Å². The van der Waals surface area contributed by atoms with Crippen molar-refractivity contribution in [1.82, 2.24) is 15.0 Å². The minimum Gasteiger partial charge on any atom is -0.477 e. The average Bonchev–Trinajstić information content (AvgIpc) is 3.17. The molecule has 2 aromatic heterocycles. The third kappa shape index (κ3) is 2.89. The molecule has 0 N–H and O–H groups in total. The molecule has 1 fully saturated rings. The van der Waals surface area contributed by atoms with Crippen molar-refractivity contribution < 1.29 is 4.74 Å². The van der Waals surface area contributed by atoms with Crippen LogP contribution in [0.1, 0.15) is 29.4 Å². The third-order valence-corrected chi connectivity index (χ3v) is 3.43. The minimum atomic E-state index is 0.545. The summed E-state index contributed by atoms with van der Waals surface area (Å²) in [4.78, 5) is 12.8. The largest absolute Gasteiger partial charge is 0.477 e. The van der Waals surface area contributed by atoms with Gasteiger partial charge in [0.1, 0.15) is 5.82 Å². The van der Waals surface area contributed by atoms with Gasteiger partial charge in [-0.1, -0.05) is 6.07 Å². The van der Waals surface area contributed by atoms with Crippen molar-refractivity contribution in [3.63, 3.8) is 0 Å². The highest BCUT2D eigenvalue weighted by Gasteiger charge is 2.39. The van der Waals surface area contributed by atoms with E-state index in [1.807, 2.05) is 13.1 Å². The second-order valence-electron chi connectivity index (χ2n) is 5.12. The molecule has 0 bridgehead atoms. The predicted molar refractivity (Wildman–Crippen MR) is 72.1 cm³/mol. The van der Waals surface area contributed by atoms with Crippen LogP contribution in [0.3, 0.4) is 0 Å². The summed E-state index contributed by atoms with van der Waals surface area (Å²) < 4.78 is 5.71. The molecule has 2 heterocycles. The van der Waals surface area contributed by atoms with Crippen LogP contribution in [-0.2, 0) is 0 Å². The summed E-state index contributed by atoms with van der Waals surface area (Å²) in [6.45, 7) is 4.63. The molecule has 98 valence electrons. The highest BCUT2D eigenvalue weighted by atomic mass is 16.5. The van der Waals surface area contributed by atoms with Gasteiger partial charge in [-0.2, -0.15) is 4.98 Å². The van der Waals surface area contributed by atoms with Crippen molar-refractivity contribution in [2.45, 2.75) is 26.2 Å². The van der Waals surface area contributed by atoms with Crippen LogP contribution in [0, 0.1) is 19.8 Å². The van der Waals surface area contributed by atoms with Crippen LogP contribution < -0.4 is 4.74 Å². The predicted octanol–water partition coefficient (Wildman–Crippen LogP) is 2.67. The van der Waals surface area contributed by atoms with Crippen LogP contribution in [0.15, 0.2) is 30.6 Å². The molecule has 2 atom stereocenters. The zero-order valence-electron chi connectivity index (χ0n) is 11.2. The molecule has 4 nitrogen and oxygen atoms in total. The van der Waals surface area contributed by atoms with E-state index >= 15 is 0 Å². The van der Waals surface area contributed by atoms with E-state index in [-0.39, 0.29) is 0 Å². The van der Waals surface area contributed by atoms with Gasteiger partial charge in [-0.05, 0) is 31.9 Å². The second-order valence-corrected chi connectivity index (χ2v) is 5.12. The molecule has 1 saturated carbocycles. The van der Waals surface area contributed by atoms with E-state index in [9.17, 15) is 0 Å². The van der Waals surface area contributed by atoms with E-state index in [4.69, 9.17) is 4.74 Å². The Morgan fingerprint density at radius 2 is 2.11 bits per heavy atom. The Kier molecular flexibility index (Phi) is 3.15. The van der Waals surface area contributed by atoms with Crippen molar-refractivity contribution in [3.8, 4) is 5.88 Å². The number of aromatic nitrogens is 3. The van der Waals surface area contributed by atoms with E-state index in [1.54, 1.807) is 12.3 Å². The van der Waals surface area contributed by atoms with Crippen LogP contribution in [0.25, 0.3) is 0 Å². The van der Waals surface area contributed by atoms with Crippen LogP contribution in [-0.4, -0.2) is 21.6 Å². The third-order valence-electron chi connectivity index (χ3n) is 3.43. The summed E-state index contributed by atoms with van der Waals surface area (Å²) in [6.07, 6.45) is 4.81. The molecule has 1 aliphatic rings. The molecule has 0 aromatic carbocycles. The molecule has 0 radical (unpaired) electrons. The Morgan fingerprint density at radius 1 is 1.21 bits per heavy atom. The van der Waals surface area contributed by atoms with Crippen LogP contribution in [0.4, 0.5) is 0 Å². The molecule has 0 aliphatic heterocycles. The lowest BCUT2D eigenvalue weighted by Gasteiger charge is -2.05. The Morgan fingerprint density at radius 3 is 2.84 bits per heavy atom. The first-order valence-electron chi connectivity index (χ1n) is 6.57. The maximum atomic E-state index is 5.71. The summed E-state index contributed by atoms with van der Waals surface area (Å²) in [5, 5.41) is 0. The van der Waals surface area contributed by atoms with Crippen molar-refractivity contribution in [2.75, 3.05) is 6.61 Å². The zero-order chi connectivity index (χ0) is 13.2. The van der Waals surface area contributed by atoms with Crippen LogP contribution >= 0.6 is 0 Å². The monoisotopic (exact) mass is 255 g/mol. The van der Waals surface area contributed by atoms with Gasteiger partial charge in [0.2, 0.25) is 5.88 Å². The van der Waals surface area contributed by atoms with Gasteiger partial charge in [-0.3, -0.25) is 4.98 Å². The van der Waals surface area contributed by atoms with E-state index in [1.165, 1.54) is 11.3 Å². The highest BCUT2D eigenvalue weighted by Crippen LogP contribution is 2.46. The summed E-state index contributed by atoms with van der Waals surface area (Å²) >= 11 is 0. The summed E-state index contributed by atoms with van der Waals surface area (Å²) in [5.74, 6) is 2.51. The van der Waals surface area contributed by atoms with Crippen molar-refractivity contribution in [1.29, 1.82) is 0 Å². The van der Waals surface area contributed by atoms with Gasteiger partial charge < -0.3 is 4.74 Å². The molecule has 2 unspecified atom stereocenters. The molecule has 0 amide bonds. The fourth-order valence-corrected chi connectivity index (χ4v) is 2.20. The molecule has 1 aliphatic carbocycles. The molecule has 4 heteroatoms. The number of pyridine rings is 1. The van der Waals surface area contributed by atoms with E-state index < -0.39 is 0 Å². The molecule has 2 aromatic rings. The molecule has 0 saturated heterocycles. The summed E-state index contributed by atoms with van der Waals surface area (Å²) in [7, 11) is 0. The van der Waals surface area contributed by atoms with Crippen molar-refractivity contribution >= 4 is 0 Å². The normalized spacial score (nSPS) is 21.2. The number of rotatable bonds is 4. The molecule has 0 spiro atoms. The summed E-state index contributed by atoms with van der Waals surface area (Å²) in [5.41, 5.74) is 2.38. The number of hydrogen-bond acceptors (Lipinski definition) is 4. The van der Waals surface area contributed by atoms with E-state index in [2.05, 4.69) is 34.0 Å². The number of hydrogen-bond donors (Lipinski definition) is 0. The van der Waals surface area contributed by atoms with Crippen molar-refractivity contribution in [3.05, 3.63) is 47.7 Å². The molecular weight excluding hydrogens is 238 g/mol.